The lowest BCUT2D eigenvalue weighted by molar-refractivity contribution is 0.0378. The summed E-state index contributed by atoms with van der Waals surface area (Å²) in [4.78, 5) is 32.4. The summed E-state index contributed by atoms with van der Waals surface area (Å²) in [6, 6.07) is 8.18. The summed E-state index contributed by atoms with van der Waals surface area (Å²) in [6.45, 7) is 7.75. The fourth-order valence-corrected chi connectivity index (χ4v) is 4.06. The highest BCUT2D eigenvalue weighted by atomic mass is 16.5. The van der Waals surface area contributed by atoms with Crippen molar-refractivity contribution in [1.29, 1.82) is 0 Å². The van der Waals surface area contributed by atoms with Gasteiger partial charge in [0.25, 0.3) is 5.56 Å². The normalized spacial score (nSPS) is 14.9. The van der Waals surface area contributed by atoms with Gasteiger partial charge in [0.05, 0.1) is 19.8 Å². The first-order chi connectivity index (χ1) is 15.0. The molecule has 0 atom stereocenters. The molecule has 0 aliphatic carbocycles. The molecule has 0 saturated carbocycles. The van der Waals surface area contributed by atoms with Gasteiger partial charge in [-0.2, -0.15) is 4.98 Å². The molecular weight excluding hydrogens is 396 g/mol. The monoisotopic (exact) mass is 426 g/mol. The lowest BCUT2D eigenvalue weighted by Gasteiger charge is -2.26. The Bertz CT molecular complexity index is 1190. The van der Waals surface area contributed by atoms with Crippen LogP contribution in [0.25, 0.3) is 11.2 Å². The molecule has 9 heteroatoms. The Kier molecular flexibility index (Phi) is 6.24. The number of fused-ring (bicyclic) bond motifs is 1. The predicted molar refractivity (Wildman–Crippen MR) is 121 cm³/mol. The molecule has 0 spiro atoms. The van der Waals surface area contributed by atoms with E-state index in [-0.39, 0.29) is 11.2 Å². The molecule has 0 radical (unpaired) electrons. The molecule has 2 aromatic heterocycles. The average Bonchev–Trinajstić information content (AvgIpc) is 3.13. The Morgan fingerprint density at radius 1 is 1.13 bits per heavy atom. The molecule has 0 amide bonds. The molecule has 1 fully saturated rings. The highest BCUT2D eigenvalue weighted by molar-refractivity contribution is 5.74. The Hall–Kier alpha value is -2.91. The number of hydrogen-bond acceptors (Lipinski definition) is 6. The van der Waals surface area contributed by atoms with Crippen molar-refractivity contribution in [3.05, 3.63) is 56.2 Å². The van der Waals surface area contributed by atoms with Gasteiger partial charge in [-0.1, -0.05) is 29.8 Å². The zero-order valence-electron chi connectivity index (χ0n) is 18.4. The maximum Gasteiger partial charge on any atom is 0.332 e. The van der Waals surface area contributed by atoms with E-state index in [2.05, 4.69) is 21.3 Å². The minimum Gasteiger partial charge on any atom is -0.379 e. The highest BCUT2D eigenvalue weighted by Gasteiger charge is 2.19. The molecule has 0 unspecified atom stereocenters. The topological polar surface area (TPSA) is 86.3 Å². The Morgan fingerprint density at radius 3 is 2.65 bits per heavy atom. The average molecular weight is 427 g/mol. The molecule has 1 saturated heterocycles. The quantitative estimate of drug-likeness (QED) is 0.566. The second-order valence-corrected chi connectivity index (χ2v) is 8.12. The van der Waals surface area contributed by atoms with Gasteiger partial charge < -0.3 is 10.1 Å². The van der Waals surface area contributed by atoms with Gasteiger partial charge in [-0.15, -0.1) is 0 Å². The first-order valence-corrected chi connectivity index (χ1v) is 10.7. The third kappa shape index (κ3) is 4.42. The van der Waals surface area contributed by atoms with E-state index in [4.69, 9.17) is 4.74 Å². The second kappa shape index (κ2) is 9.07. The van der Waals surface area contributed by atoms with Crippen molar-refractivity contribution in [1.82, 2.24) is 23.6 Å². The van der Waals surface area contributed by atoms with Crippen molar-refractivity contribution in [2.75, 3.05) is 44.7 Å². The van der Waals surface area contributed by atoms with E-state index in [0.29, 0.717) is 23.7 Å². The lowest BCUT2D eigenvalue weighted by Crippen LogP contribution is -2.37. The number of ether oxygens (including phenoxy) is 1. The van der Waals surface area contributed by atoms with E-state index in [9.17, 15) is 9.59 Å². The summed E-state index contributed by atoms with van der Waals surface area (Å²) >= 11 is 0. The summed E-state index contributed by atoms with van der Waals surface area (Å²) in [6.07, 6.45) is 0.949. The van der Waals surface area contributed by atoms with E-state index in [0.717, 1.165) is 61.5 Å². The summed E-state index contributed by atoms with van der Waals surface area (Å²) in [5, 5.41) is 3.40. The van der Waals surface area contributed by atoms with E-state index in [1.165, 1.54) is 11.6 Å². The maximum atomic E-state index is 13.0. The predicted octanol–water partition coefficient (Wildman–Crippen LogP) is 0.925. The van der Waals surface area contributed by atoms with E-state index < -0.39 is 0 Å². The molecule has 3 heterocycles. The highest BCUT2D eigenvalue weighted by Crippen LogP contribution is 2.18. The van der Waals surface area contributed by atoms with Gasteiger partial charge in [0, 0.05) is 33.7 Å². The third-order valence-corrected chi connectivity index (χ3v) is 5.81. The van der Waals surface area contributed by atoms with E-state index >= 15 is 0 Å². The number of benzene rings is 1. The third-order valence-electron chi connectivity index (χ3n) is 5.81. The van der Waals surface area contributed by atoms with Gasteiger partial charge in [-0.25, -0.2) is 4.79 Å². The molecule has 31 heavy (non-hydrogen) atoms. The van der Waals surface area contributed by atoms with Crippen LogP contribution in [0.5, 0.6) is 0 Å². The number of morpholine rings is 1. The molecule has 166 valence electrons. The fraction of sp³-hybridized carbons (Fsp3) is 0.500. The summed E-state index contributed by atoms with van der Waals surface area (Å²) < 4.78 is 9.86. The van der Waals surface area contributed by atoms with Crippen molar-refractivity contribution in [2.24, 2.45) is 14.1 Å². The zero-order chi connectivity index (χ0) is 22.0. The zero-order valence-corrected chi connectivity index (χ0v) is 18.4. The fourth-order valence-electron chi connectivity index (χ4n) is 4.06. The van der Waals surface area contributed by atoms with Crippen LogP contribution in [0.15, 0.2) is 33.9 Å². The van der Waals surface area contributed by atoms with Crippen molar-refractivity contribution < 1.29 is 4.74 Å². The molecule has 9 nitrogen and oxygen atoms in total. The molecule has 4 rings (SSSR count). The minimum atomic E-state index is -0.378. The Labute approximate surface area is 180 Å². The first kappa shape index (κ1) is 21.3. The van der Waals surface area contributed by atoms with Gasteiger partial charge >= 0.3 is 5.69 Å². The van der Waals surface area contributed by atoms with Crippen LogP contribution in [0.2, 0.25) is 0 Å². The van der Waals surface area contributed by atoms with Gasteiger partial charge in [0.1, 0.15) is 0 Å². The molecule has 1 aliphatic heterocycles. The first-order valence-electron chi connectivity index (χ1n) is 10.7. The van der Waals surface area contributed by atoms with Crippen LogP contribution in [0.4, 0.5) is 5.95 Å². The van der Waals surface area contributed by atoms with Crippen molar-refractivity contribution in [2.45, 2.75) is 19.9 Å². The van der Waals surface area contributed by atoms with Gasteiger partial charge in [0.15, 0.2) is 11.2 Å². The van der Waals surface area contributed by atoms with E-state index in [1.54, 1.807) is 7.05 Å². The molecule has 1 aliphatic rings. The summed E-state index contributed by atoms with van der Waals surface area (Å²) in [5.41, 5.74) is 2.35. The molecular formula is C22H30N6O3. The molecule has 0 bridgehead atoms. The second-order valence-electron chi connectivity index (χ2n) is 8.12. The van der Waals surface area contributed by atoms with Crippen LogP contribution >= 0.6 is 0 Å². The number of hydrogen-bond donors (Lipinski definition) is 1. The van der Waals surface area contributed by atoms with Gasteiger partial charge in [0.2, 0.25) is 5.95 Å². The Balaban J connectivity index is 1.64. The van der Waals surface area contributed by atoms with Crippen LogP contribution in [-0.4, -0.2) is 63.0 Å². The summed E-state index contributed by atoms with van der Waals surface area (Å²) in [7, 11) is 3.15. The number of nitrogens with one attached hydrogen (secondary N) is 1. The van der Waals surface area contributed by atoms with E-state index in [1.807, 2.05) is 29.7 Å². The van der Waals surface area contributed by atoms with Gasteiger partial charge in [-0.3, -0.25) is 23.4 Å². The van der Waals surface area contributed by atoms with Crippen LogP contribution in [0.3, 0.4) is 0 Å². The van der Waals surface area contributed by atoms with Crippen molar-refractivity contribution >= 4 is 17.1 Å². The minimum absolute atomic E-state index is 0.334. The molecule has 1 N–H and O–H groups in total. The van der Waals surface area contributed by atoms with Crippen molar-refractivity contribution in [3.8, 4) is 0 Å². The number of anilines is 1. The number of aromatic nitrogens is 4. The number of rotatable bonds is 7. The number of nitrogens with zero attached hydrogens (tertiary/aromatic N) is 5. The van der Waals surface area contributed by atoms with Crippen LogP contribution in [-0.2, 0) is 25.4 Å². The number of aryl methyl sites for hydroxylation is 2. The van der Waals surface area contributed by atoms with Crippen LogP contribution in [0.1, 0.15) is 17.5 Å². The molecule has 3 aromatic rings. The lowest BCUT2D eigenvalue weighted by atomic mass is 10.1. The summed E-state index contributed by atoms with van der Waals surface area (Å²) in [5.74, 6) is 0.608. The smallest absolute Gasteiger partial charge is 0.332 e. The van der Waals surface area contributed by atoms with Crippen LogP contribution in [0, 0.1) is 6.92 Å². The number of imidazole rings is 1. The largest absolute Gasteiger partial charge is 0.379 e. The van der Waals surface area contributed by atoms with Gasteiger partial charge in [-0.05, 0) is 25.5 Å². The molecule has 1 aromatic carbocycles. The Morgan fingerprint density at radius 2 is 1.90 bits per heavy atom. The SMILES string of the molecule is Cc1cccc(Cn2c(NCCCN3CCOCC3)nc3c2c(=O)n(C)c(=O)n3C)c1. The van der Waals surface area contributed by atoms with Crippen molar-refractivity contribution in [3.63, 3.8) is 0 Å². The standard InChI is InChI=1S/C22H30N6O3/c1-16-6-4-7-17(14-16)15-28-18-19(25(2)22(30)26(3)20(18)29)24-21(28)23-8-5-9-27-10-12-31-13-11-27/h4,6-7,14H,5,8-13,15H2,1-3H3,(H,23,24). The van der Waals surface area contributed by atoms with Crippen LogP contribution < -0.4 is 16.6 Å². The maximum absolute atomic E-state index is 13.0.